The molecule has 1 heterocycles. The third-order valence-corrected chi connectivity index (χ3v) is 4.74. The number of ether oxygens (including phenoxy) is 1. The van der Waals surface area contributed by atoms with Gasteiger partial charge in [-0.25, -0.2) is 4.79 Å². The first kappa shape index (κ1) is 19.7. The van der Waals surface area contributed by atoms with Crippen LogP contribution in [0.3, 0.4) is 0 Å². The molecule has 6 nitrogen and oxygen atoms in total. The number of amides is 2. The van der Waals surface area contributed by atoms with Gasteiger partial charge in [-0.3, -0.25) is 9.59 Å². The molecule has 0 saturated heterocycles. The van der Waals surface area contributed by atoms with Crippen molar-refractivity contribution in [2.45, 2.75) is 33.2 Å². The molecule has 0 radical (unpaired) electrons. The van der Waals surface area contributed by atoms with Crippen LogP contribution < -0.4 is 10.6 Å². The van der Waals surface area contributed by atoms with Crippen LogP contribution >= 0.6 is 11.3 Å². The minimum atomic E-state index is -0.417. The Morgan fingerprint density at radius 1 is 1.19 bits per heavy atom. The van der Waals surface area contributed by atoms with E-state index >= 15 is 0 Å². The Balaban J connectivity index is 2.07. The van der Waals surface area contributed by atoms with Crippen molar-refractivity contribution in [3.8, 4) is 0 Å². The van der Waals surface area contributed by atoms with Gasteiger partial charge in [-0.1, -0.05) is 30.3 Å². The number of carbonyl (C=O) groups is 3. The van der Waals surface area contributed by atoms with Crippen molar-refractivity contribution in [2.75, 3.05) is 11.9 Å². The van der Waals surface area contributed by atoms with Crippen LogP contribution in [-0.4, -0.2) is 24.4 Å². The van der Waals surface area contributed by atoms with Gasteiger partial charge in [0.2, 0.25) is 11.8 Å². The summed E-state index contributed by atoms with van der Waals surface area (Å²) in [6.45, 7) is 5.26. The Bertz CT molecular complexity index is 786. The van der Waals surface area contributed by atoms with Crippen LogP contribution in [0.1, 0.15) is 47.1 Å². The van der Waals surface area contributed by atoms with Crippen molar-refractivity contribution in [1.29, 1.82) is 0 Å². The summed E-state index contributed by atoms with van der Waals surface area (Å²) >= 11 is 1.18. The highest BCUT2D eigenvalue weighted by Crippen LogP contribution is 2.28. The average molecular weight is 374 g/mol. The number of thiophene rings is 1. The summed E-state index contributed by atoms with van der Waals surface area (Å²) in [7, 11) is 0. The maximum absolute atomic E-state index is 12.4. The zero-order chi connectivity index (χ0) is 19.1. The van der Waals surface area contributed by atoms with Gasteiger partial charge < -0.3 is 15.4 Å². The summed E-state index contributed by atoms with van der Waals surface area (Å²) in [5.41, 5.74) is 1.61. The van der Waals surface area contributed by atoms with E-state index in [2.05, 4.69) is 10.6 Å². The molecule has 7 heteroatoms. The summed E-state index contributed by atoms with van der Waals surface area (Å²) in [6.07, 6.45) is 0.0925. The van der Waals surface area contributed by atoms with Crippen LogP contribution in [0.15, 0.2) is 36.4 Å². The van der Waals surface area contributed by atoms with Crippen LogP contribution in [0, 0.1) is 6.92 Å². The molecule has 138 valence electrons. The lowest BCUT2D eigenvalue weighted by Gasteiger charge is -2.17. The predicted molar refractivity (Wildman–Crippen MR) is 101 cm³/mol. The van der Waals surface area contributed by atoms with Crippen molar-refractivity contribution in [3.05, 3.63) is 52.4 Å². The van der Waals surface area contributed by atoms with Crippen molar-refractivity contribution in [3.63, 3.8) is 0 Å². The van der Waals surface area contributed by atoms with E-state index < -0.39 is 12.0 Å². The molecule has 0 saturated carbocycles. The molecule has 0 aliphatic rings. The molecule has 0 spiro atoms. The van der Waals surface area contributed by atoms with Crippen molar-refractivity contribution in [2.24, 2.45) is 0 Å². The number of aryl methyl sites for hydroxylation is 1. The minimum absolute atomic E-state index is 0.0925. The summed E-state index contributed by atoms with van der Waals surface area (Å²) in [5.74, 6) is -0.844. The van der Waals surface area contributed by atoms with Gasteiger partial charge in [0.25, 0.3) is 0 Å². The molecule has 1 aromatic carbocycles. The van der Waals surface area contributed by atoms with Gasteiger partial charge in [0, 0.05) is 6.92 Å². The standard InChI is InChI=1S/C19H22N2O4S/c1-4-25-19(24)18-12(2)10-17(26-18)21-16(23)11-15(20-13(3)22)14-8-6-5-7-9-14/h5-10,15H,4,11H2,1-3H3,(H,20,22)(H,21,23). The summed E-state index contributed by atoms with van der Waals surface area (Å²) in [5, 5.41) is 6.16. The molecule has 1 aromatic heterocycles. The number of hydrogen-bond acceptors (Lipinski definition) is 5. The molecule has 2 aromatic rings. The summed E-state index contributed by atoms with van der Waals surface area (Å²) < 4.78 is 5.00. The lowest BCUT2D eigenvalue weighted by Crippen LogP contribution is -2.29. The van der Waals surface area contributed by atoms with Gasteiger partial charge in [0.1, 0.15) is 4.88 Å². The van der Waals surface area contributed by atoms with E-state index in [0.717, 1.165) is 11.1 Å². The highest BCUT2D eigenvalue weighted by molar-refractivity contribution is 7.18. The molecule has 0 aliphatic carbocycles. The van der Waals surface area contributed by atoms with Crippen LogP contribution in [0.25, 0.3) is 0 Å². The van der Waals surface area contributed by atoms with E-state index in [1.165, 1.54) is 18.3 Å². The minimum Gasteiger partial charge on any atom is -0.462 e. The third-order valence-electron chi connectivity index (χ3n) is 3.61. The van der Waals surface area contributed by atoms with Crippen LogP contribution in [0.2, 0.25) is 0 Å². The van der Waals surface area contributed by atoms with Gasteiger partial charge in [-0.05, 0) is 31.0 Å². The Morgan fingerprint density at radius 3 is 2.50 bits per heavy atom. The maximum atomic E-state index is 12.4. The SMILES string of the molecule is CCOC(=O)c1sc(NC(=O)CC(NC(C)=O)c2ccccc2)cc1C. The molecular formula is C19H22N2O4S. The number of benzene rings is 1. The topological polar surface area (TPSA) is 84.5 Å². The molecule has 2 amide bonds. The van der Waals surface area contributed by atoms with E-state index in [0.29, 0.717) is 16.5 Å². The Morgan fingerprint density at radius 2 is 1.88 bits per heavy atom. The summed E-state index contributed by atoms with van der Waals surface area (Å²) in [6, 6.07) is 10.6. The lowest BCUT2D eigenvalue weighted by molar-refractivity contribution is -0.120. The first-order valence-corrected chi connectivity index (χ1v) is 9.11. The largest absolute Gasteiger partial charge is 0.462 e. The first-order valence-electron chi connectivity index (χ1n) is 8.30. The zero-order valence-corrected chi connectivity index (χ0v) is 15.8. The second kappa shape index (κ2) is 9.15. The Hall–Kier alpha value is -2.67. The fraction of sp³-hybridized carbons (Fsp3) is 0.316. The molecule has 26 heavy (non-hydrogen) atoms. The molecule has 0 bridgehead atoms. The number of esters is 1. The highest BCUT2D eigenvalue weighted by atomic mass is 32.1. The van der Waals surface area contributed by atoms with Gasteiger partial charge >= 0.3 is 5.97 Å². The van der Waals surface area contributed by atoms with Gasteiger partial charge in [0.15, 0.2) is 0 Å². The monoisotopic (exact) mass is 374 g/mol. The molecule has 2 rings (SSSR count). The van der Waals surface area contributed by atoms with Gasteiger partial charge in [-0.15, -0.1) is 11.3 Å². The van der Waals surface area contributed by atoms with E-state index in [1.54, 1.807) is 19.9 Å². The molecule has 0 aliphatic heterocycles. The Kier molecular flexibility index (Phi) is 6.91. The van der Waals surface area contributed by atoms with E-state index in [9.17, 15) is 14.4 Å². The van der Waals surface area contributed by atoms with Crippen molar-refractivity contribution >= 4 is 34.1 Å². The van der Waals surface area contributed by atoms with Crippen molar-refractivity contribution in [1.82, 2.24) is 5.32 Å². The fourth-order valence-electron chi connectivity index (χ4n) is 2.50. The normalized spacial score (nSPS) is 11.5. The molecule has 0 fully saturated rings. The highest BCUT2D eigenvalue weighted by Gasteiger charge is 2.19. The second-order valence-electron chi connectivity index (χ2n) is 5.76. The second-order valence-corrected chi connectivity index (χ2v) is 6.81. The van der Waals surface area contributed by atoms with Crippen LogP contribution in [-0.2, 0) is 14.3 Å². The molecule has 1 unspecified atom stereocenters. The van der Waals surface area contributed by atoms with Gasteiger partial charge in [-0.2, -0.15) is 0 Å². The van der Waals surface area contributed by atoms with Crippen LogP contribution in [0.4, 0.5) is 5.00 Å². The summed E-state index contributed by atoms with van der Waals surface area (Å²) in [4.78, 5) is 36.2. The van der Waals surface area contributed by atoms with E-state index in [4.69, 9.17) is 4.74 Å². The molecular weight excluding hydrogens is 352 g/mol. The average Bonchev–Trinajstić information content (AvgIpc) is 2.95. The first-order chi connectivity index (χ1) is 12.4. The molecule has 2 N–H and O–H groups in total. The van der Waals surface area contributed by atoms with Crippen LogP contribution in [0.5, 0.6) is 0 Å². The third kappa shape index (κ3) is 5.42. The van der Waals surface area contributed by atoms with E-state index in [1.807, 2.05) is 30.3 Å². The number of hydrogen-bond donors (Lipinski definition) is 2. The van der Waals surface area contributed by atoms with Crippen molar-refractivity contribution < 1.29 is 19.1 Å². The molecule has 1 atom stereocenters. The Labute approximate surface area is 156 Å². The number of rotatable bonds is 7. The maximum Gasteiger partial charge on any atom is 0.348 e. The predicted octanol–water partition coefficient (Wildman–Crippen LogP) is 3.44. The zero-order valence-electron chi connectivity index (χ0n) is 15.0. The quantitative estimate of drug-likeness (QED) is 0.727. The van der Waals surface area contributed by atoms with Gasteiger partial charge in [0.05, 0.1) is 24.1 Å². The number of anilines is 1. The fourth-order valence-corrected chi connectivity index (χ4v) is 3.48. The van der Waals surface area contributed by atoms with E-state index in [-0.39, 0.29) is 18.2 Å². The number of nitrogens with one attached hydrogen (secondary N) is 2. The smallest absolute Gasteiger partial charge is 0.348 e. The number of carbonyl (C=O) groups excluding carboxylic acids is 3. The lowest BCUT2D eigenvalue weighted by atomic mass is 10.0.